The Morgan fingerprint density at radius 3 is 2.31 bits per heavy atom. The van der Waals surface area contributed by atoms with Crippen molar-refractivity contribution in [1.29, 1.82) is 0 Å². The molecule has 0 aromatic heterocycles. The van der Waals surface area contributed by atoms with Gasteiger partial charge in [-0.15, -0.1) is 0 Å². The molecule has 4 rings (SSSR count). The minimum Gasteiger partial charge on any atom is -0.475 e. The van der Waals surface area contributed by atoms with Gasteiger partial charge in [-0.2, -0.15) is 13.2 Å². The second kappa shape index (κ2) is 11.5. The number of carboxylic acid groups (broad SMARTS) is 1. The van der Waals surface area contributed by atoms with E-state index in [0.717, 1.165) is 17.9 Å². The number of carbonyl (C=O) groups excluding carboxylic acids is 5. The zero-order valence-electron chi connectivity index (χ0n) is 21.3. The standard InChI is InChI=1S/C22H26N4O6.C2HF3O2/c1-24-11-14(32-3)9-13(24)10-25(2)20(29)12-4-5-15-16(8-12)22(31)26(21(15)30)17-6-7-18(27)23-19(17)28;3-2(4,5)1(6)7/h4-5,8,13-14,17H,6-7,9-11H2,1-3H3,(H,23,27,28);(H,6,7)/t13-,14-,17?;/m0./s1. The summed E-state index contributed by atoms with van der Waals surface area (Å²) in [6.07, 6.45) is -3.99. The van der Waals surface area contributed by atoms with Crippen LogP contribution in [0.1, 0.15) is 50.3 Å². The van der Waals surface area contributed by atoms with Crippen molar-refractivity contribution in [2.75, 3.05) is 34.3 Å². The number of imide groups is 2. The van der Waals surface area contributed by atoms with Gasteiger partial charge in [-0.3, -0.25) is 39.1 Å². The highest BCUT2D eigenvalue weighted by Gasteiger charge is 2.45. The van der Waals surface area contributed by atoms with Gasteiger partial charge >= 0.3 is 12.1 Å². The predicted octanol–water partition coefficient (Wildman–Crippen LogP) is 0.512. The number of amides is 5. The molecule has 3 aliphatic heterocycles. The zero-order valence-corrected chi connectivity index (χ0v) is 21.3. The summed E-state index contributed by atoms with van der Waals surface area (Å²) in [7, 11) is 5.37. The van der Waals surface area contributed by atoms with Crippen LogP contribution >= 0.6 is 0 Å². The van der Waals surface area contributed by atoms with Crippen molar-refractivity contribution in [1.82, 2.24) is 20.0 Å². The lowest BCUT2D eigenvalue weighted by Crippen LogP contribution is -2.54. The van der Waals surface area contributed by atoms with Crippen molar-refractivity contribution in [3.8, 4) is 0 Å². The molecule has 1 aromatic rings. The average molecular weight is 556 g/mol. The first-order chi connectivity index (χ1) is 18.1. The Hall–Kier alpha value is -3.85. The number of likely N-dealkylation sites (tertiary alicyclic amines) is 1. The van der Waals surface area contributed by atoms with Crippen LogP contribution in [0.4, 0.5) is 13.2 Å². The Bertz CT molecular complexity index is 1200. The molecule has 3 heterocycles. The summed E-state index contributed by atoms with van der Waals surface area (Å²) < 4.78 is 37.2. The van der Waals surface area contributed by atoms with Crippen molar-refractivity contribution in [2.45, 2.75) is 43.6 Å². The molecule has 2 fully saturated rings. The molecular weight excluding hydrogens is 529 g/mol. The summed E-state index contributed by atoms with van der Waals surface area (Å²) in [5.74, 6) is -5.33. The molecule has 0 spiro atoms. The quantitative estimate of drug-likeness (QED) is 0.494. The molecule has 15 heteroatoms. The third kappa shape index (κ3) is 6.42. The molecule has 12 nitrogen and oxygen atoms in total. The van der Waals surface area contributed by atoms with Gasteiger partial charge in [-0.1, -0.05) is 0 Å². The number of methoxy groups -OCH3 is 1. The molecule has 0 bridgehead atoms. The molecule has 5 amide bonds. The number of nitrogens with one attached hydrogen (secondary N) is 1. The van der Waals surface area contributed by atoms with Gasteiger partial charge in [0, 0.05) is 45.3 Å². The summed E-state index contributed by atoms with van der Waals surface area (Å²) in [4.78, 5) is 75.9. The van der Waals surface area contributed by atoms with Crippen molar-refractivity contribution >= 4 is 35.5 Å². The summed E-state index contributed by atoms with van der Waals surface area (Å²) >= 11 is 0. The van der Waals surface area contributed by atoms with Crippen LogP contribution in [0.15, 0.2) is 18.2 Å². The fourth-order valence-corrected chi connectivity index (χ4v) is 4.64. The Morgan fingerprint density at radius 2 is 1.77 bits per heavy atom. The molecule has 0 radical (unpaired) electrons. The van der Waals surface area contributed by atoms with Crippen LogP contribution in [-0.4, -0.2) is 114 Å². The van der Waals surface area contributed by atoms with Crippen LogP contribution in [0.25, 0.3) is 0 Å². The van der Waals surface area contributed by atoms with E-state index in [1.165, 1.54) is 18.2 Å². The van der Waals surface area contributed by atoms with Crippen molar-refractivity contribution in [3.63, 3.8) is 0 Å². The van der Waals surface area contributed by atoms with E-state index in [0.29, 0.717) is 12.1 Å². The fourth-order valence-electron chi connectivity index (χ4n) is 4.64. The Labute approximate surface area is 220 Å². The number of benzene rings is 1. The Morgan fingerprint density at radius 1 is 1.15 bits per heavy atom. The number of halogens is 3. The van der Waals surface area contributed by atoms with E-state index >= 15 is 0 Å². The van der Waals surface area contributed by atoms with Crippen LogP contribution < -0.4 is 5.32 Å². The number of hydrogen-bond acceptors (Lipinski definition) is 8. The lowest BCUT2D eigenvalue weighted by Gasteiger charge is -2.27. The first kappa shape index (κ1) is 29.7. The topological polar surface area (TPSA) is 154 Å². The molecule has 2 saturated heterocycles. The molecule has 39 heavy (non-hydrogen) atoms. The van der Waals surface area contributed by atoms with Crippen LogP contribution in [0.5, 0.6) is 0 Å². The van der Waals surface area contributed by atoms with E-state index in [1.807, 2.05) is 7.05 Å². The van der Waals surface area contributed by atoms with Crippen molar-refractivity contribution in [2.24, 2.45) is 0 Å². The van der Waals surface area contributed by atoms with Gasteiger partial charge in [0.05, 0.1) is 17.2 Å². The fraction of sp³-hybridized carbons (Fsp3) is 0.500. The van der Waals surface area contributed by atoms with Gasteiger partial charge in [0.25, 0.3) is 17.7 Å². The normalized spacial score (nSPS) is 23.2. The molecule has 2 N–H and O–H groups in total. The summed E-state index contributed by atoms with van der Waals surface area (Å²) in [6, 6.07) is 3.51. The summed E-state index contributed by atoms with van der Waals surface area (Å²) in [5.41, 5.74) is 0.537. The molecular formula is C24H27F3N4O8. The van der Waals surface area contributed by atoms with E-state index in [2.05, 4.69) is 10.2 Å². The minimum absolute atomic E-state index is 0.0535. The monoisotopic (exact) mass is 556 g/mol. The number of hydrogen-bond donors (Lipinski definition) is 2. The third-order valence-electron chi connectivity index (χ3n) is 6.74. The largest absolute Gasteiger partial charge is 0.490 e. The number of carbonyl (C=O) groups is 6. The maximum absolute atomic E-state index is 13.0. The molecule has 1 aromatic carbocycles. The zero-order chi connectivity index (χ0) is 29.2. The first-order valence-corrected chi connectivity index (χ1v) is 11.8. The highest BCUT2D eigenvalue weighted by Crippen LogP contribution is 2.29. The van der Waals surface area contributed by atoms with E-state index in [-0.39, 0.29) is 42.0 Å². The maximum Gasteiger partial charge on any atom is 0.490 e. The molecule has 1 unspecified atom stereocenters. The first-order valence-electron chi connectivity index (χ1n) is 11.8. The van der Waals surface area contributed by atoms with Crippen LogP contribution in [-0.2, 0) is 19.1 Å². The maximum atomic E-state index is 13.0. The number of piperidine rings is 1. The van der Waals surface area contributed by atoms with E-state index < -0.39 is 41.8 Å². The lowest BCUT2D eigenvalue weighted by molar-refractivity contribution is -0.192. The lowest BCUT2D eigenvalue weighted by atomic mass is 10.0. The van der Waals surface area contributed by atoms with Crippen LogP contribution in [0, 0.1) is 0 Å². The minimum atomic E-state index is -5.08. The van der Waals surface area contributed by atoms with Gasteiger partial charge in [0.1, 0.15) is 6.04 Å². The SMILES string of the molecule is CO[C@H]1C[C@@H](CN(C)C(=O)c2ccc3c(c2)C(=O)N(C2CCC(=O)NC2=O)C3=O)N(C)C1.O=C(O)C(F)(F)F. The van der Waals surface area contributed by atoms with Gasteiger partial charge in [0.15, 0.2) is 0 Å². The van der Waals surface area contributed by atoms with E-state index in [9.17, 15) is 37.1 Å². The van der Waals surface area contributed by atoms with Crippen LogP contribution in [0.2, 0.25) is 0 Å². The highest BCUT2D eigenvalue weighted by molar-refractivity contribution is 6.24. The summed E-state index contributed by atoms with van der Waals surface area (Å²) in [6.45, 7) is 1.30. The number of fused-ring (bicyclic) bond motifs is 1. The second-order valence-electron chi connectivity index (χ2n) is 9.38. The van der Waals surface area contributed by atoms with Gasteiger partial charge in [-0.05, 0) is 38.1 Å². The highest BCUT2D eigenvalue weighted by atomic mass is 19.4. The van der Waals surface area contributed by atoms with Crippen molar-refractivity contribution in [3.05, 3.63) is 34.9 Å². The molecule has 0 saturated carbocycles. The van der Waals surface area contributed by atoms with E-state index in [4.69, 9.17) is 14.6 Å². The average Bonchev–Trinajstić information content (AvgIpc) is 3.34. The molecule has 212 valence electrons. The number of ether oxygens (including phenoxy) is 1. The third-order valence-corrected chi connectivity index (χ3v) is 6.74. The smallest absolute Gasteiger partial charge is 0.475 e. The number of rotatable bonds is 5. The predicted molar refractivity (Wildman–Crippen MR) is 126 cm³/mol. The number of nitrogens with zero attached hydrogens (tertiary/aromatic N) is 3. The Kier molecular flexibility index (Phi) is 8.75. The van der Waals surface area contributed by atoms with Gasteiger partial charge < -0.3 is 14.7 Å². The Balaban J connectivity index is 0.000000532. The van der Waals surface area contributed by atoms with Crippen molar-refractivity contribution < 1.29 is 51.8 Å². The van der Waals surface area contributed by atoms with E-state index in [1.54, 1.807) is 19.1 Å². The number of aliphatic carboxylic acids is 1. The summed E-state index contributed by atoms with van der Waals surface area (Å²) in [5, 5.41) is 9.29. The molecule has 3 atom stereocenters. The van der Waals surface area contributed by atoms with Crippen LogP contribution in [0.3, 0.4) is 0 Å². The number of carboxylic acids is 1. The molecule has 0 aliphatic carbocycles. The number of likely N-dealkylation sites (N-methyl/N-ethyl adjacent to an activating group) is 2. The number of alkyl halides is 3. The van der Waals surface area contributed by atoms with Gasteiger partial charge in [-0.25, -0.2) is 4.79 Å². The second-order valence-corrected chi connectivity index (χ2v) is 9.38. The van der Waals surface area contributed by atoms with Gasteiger partial charge in [0.2, 0.25) is 11.8 Å². The molecule has 3 aliphatic rings.